The first-order valence-electron chi connectivity index (χ1n) is 11.5. The van der Waals surface area contributed by atoms with Gasteiger partial charge in [0.15, 0.2) is 0 Å². The molecule has 0 saturated heterocycles. The lowest BCUT2D eigenvalue weighted by atomic mass is 10.1. The highest BCUT2D eigenvalue weighted by Gasteiger charge is 2.32. The van der Waals surface area contributed by atoms with Crippen molar-refractivity contribution >= 4 is 32.4 Å². The summed E-state index contributed by atoms with van der Waals surface area (Å²) in [6, 6.07) is 8.65. The Balaban J connectivity index is 1.67. The molecule has 0 aliphatic rings. The number of hydrogen-bond acceptors (Lipinski definition) is 7. The van der Waals surface area contributed by atoms with E-state index in [1.165, 1.54) is 21.9 Å². The van der Waals surface area contributed by atoms with Crippen LogP contribution in [0.5, 0.6) is 5.75 Å². The zero-order chi connectivity index (χ0) is 27.2. The zero-order valence-electron chi connectivity index (χ0n) is 20.4. The van der Waals surface area contributed by atoms with Gasteiger partial charge in [-0.05, 0) is 62.6 Å². The van der Waals surface area contributed by atoms with Gasteiger partial charge in [-0.25, -0.2) is 12.7 Å². The Labute approximate surface area is 217 Å². The molecule has 37 heavy (non-hydrogen) atoms. The van der Waals surface area contributed by atoms with E-state index in [1.807, 2.05) is 0 Å². The molecule has 0 saturated carbocycles. The Morgan fingerprint density at radius 2 is 1.86 bits per heavy atom. The molecule has 0 bridgehead atoms. The average molecular weight is 557 g/mol. The normalized spacial score (nSPS) is 12.0. The third-order valence-corrected chi connectivity index (χ3v) is 7.99. The monoisotopic (exact) mass is 556 g/mol. The Morgan fingerprint density at radius 3 is 2.43 bits per heavy atom. The lowest BCUT2D eigenvalue weighted by molar-refractivity contribution is -0.137. The highest BCUT2D eigenvalue weighted by molar-refractivity contribution is 7.93. The van der Waals surface area contributed by atoms with Gasteiger partial charge in [-0.15, -0.1) is 10.2 Å². The van der Waals surface area contributed by atoms with Crippen LogP contribution in [0.2, 0.25) is 0 Å². The largest absolute Gasteiger partial charge is 0.493 e. The van der Waals surface area contributed by atoms with Crippen LogP contribution in [0.3, 0.4) is 0 Å². The van der Waals surface area contributed by atoms with Crippen molar-refractivity contribution in [2.24, 2.45) is 0 Å². The number of hydrogen-bond donors (Lipinski definition) is 1. The number of anilines is 1. The molecule has 0 radical (unpaired) electrons. The number of halogens is 3. The molecule has 1 N–H and O–H groups in total. The Kier molecular flexibility index (Phi) is 9.13. The second-order valence-corrected chi connectivity index (χ2v) is 10.9. The van der Waals surface area contributed by atoms with Gasteiger partial charge in [0.1, 0.15) is 11.3 Å². The Bertz CT molecular complexity index is 1300. The molecule has 0 spiro atoms. The molecule has 0 aliphatic heterocycles. The van der Waals surface area contributed by atoms with Gasteiger partial charge in [-0.3, -0.25) is 4.79 Å². The lowest BCUT2D eigenvalue weighted by Gasteiger charge is -2.25. The average Bonchev–Trinajstić information content (AvgIpc) is 3.35. The summed E-state index contributed by atoms with van der Waals surface area (Å²) < 4.78 is 72.1. The van der Waals surface area contributed by atoms with Crippen LogP contribution in [-0.4, -0.2) is 43.7 Å². The van der Waals surface area contributed by atoms with Gasteiger partial charge in [0.05, 0.1) is 22.6 Å². The number of alkyl halides is 3. The lowest BCUT2D eigenvalue weighted by Crippen LogP contribution is -2.37. The van der Waals surface area contributed by atoms with Crippen molar-refractivity contribution in [3.8, 4) is 5.75 Å². The second kappa shape index (κ2) is 11.9. The third kappa shape index (κ3) is 6.98. The predicted octanol–water partition coefficient (Wildman–Crippen LogP) is 4.92. The van der Waals surface area contributed by atoms with E-state index in [4.69, 9.17) is 4.74 Å². The minimum absolute atomic E-state index is 0.00773. The van der Waals surface area contributed by atoms with E-state index >= 15 is 0 Å². The SMILES string of the molecule is CCCOc1cc(C(F)(F)F)ccc1C(=O)NCCc1ccc(S(=O)(=O)N(c2nncs2)C(C)C)cc1. The first-order chi connectivity index (χ1) is 17.4. The van der Waals surface area contributed by atoms with Crippen LogP contribution in [0.15, 0.2) is 52.9 Å². The molecule has 8 nitrogen and oxygen atoms in total. The Morgan fingerprint density at radius 1 is 1.16 bits per heavy atom. The number of sulfonamides is 1. The van der Waals surface area contributed by atoms with E-state index in [-0.39, 0.29) is 40.5 Å². The first-order valence-corrected chi connectivity index (χ1v) is 13.8. The fourth-order valence-electron chi connectivity index (χ4n) is 3.44. The van der Waals surface area contributed by atoms with Gasteiger partial charge in [0, 0.05) is 12.6 Å². The summed E-state index contributed by atoms with van der Waals surface area (Å²) in [5.41, 5.74) is 1.34. The van der Waals surface area contributed by atoms with Crippen molar-refractivity contribution in [3.05, 3.63) is 64.7 Å². The number of carbonyl (C=O) groups is 1. The van der Waals surface area contributed by atoms with Crippen molar-refractivity contribution in [2.45, 2.75) is 50.7 Å². The standard InChI is InChI=1S/C24H27F3N4O4S2/c1-4-13-35-21-14-18(24(25,26)27)7-10-20(21)22(32)28-12-11-17-5-8-19(9-6-17)37(33,34)31(16(2)3)23-30-29-15-36-23/h5-10,14-16H,4,11-13H2,1-3H3,(H,28,32). The highest BCUT2D eigenvalue weighted by atomic mass is 32.2. The number of rotatable bonds is 11. The number of carbonyl (C=O) groups excluding carboxylic acids is 1. The molecule has 1 heterocycles. The molecule has 13 heteroatoms. The van der Waals surface area contributed by atoms with E-state index in [0.717, 1.165) is 35.1 Å². The van der Waals surface area contributed by atoms with Gasteiger partial charge in [-0.1, -0.05) is 30.4 Å². The van der Waals surface area contributed by atoms with Crippen LogP contribution >= 0.6 is 11.3 Å². The van der Waals surface area contributed by atoms with Crippen LogP contribution in [0.1, 0.15) is 48.7 Å². The topological polar surface area (TPSA) is 101 Å². The van der Waals surface area contributed by atoms with Gasteiger partial charge in [0.25, 0.3) is 15.9 Å². The van der Waals surface area contributed by atoms with E-state index in [9.17, 15) is 26.4 Å². The van der Waals surface area contributed by atoms with E-state index < -0.39 is 27.7 Å². The minimum Gasteiger partial charge on any atom is -0.493 e. The molecule has 200 valence electrons. The molecule has 0 unspecified atom stereocenters. The third-order valence-electron chi connectivity index (χ3n) is 5.20. The van der Waals surface area contributed by atoms with Gasteiger partial charge < -0.3 is 10.1 Å². The molecule has 1 aromatic heterocycles. The van der Waals surface area contributed by atoms with Gasteiger partial charge in [-0.2, -0.15) is 13.2 Å². The maximum Gasteiger partial charge on any atom is 0.416 e. The number of ether oxygens (including phenoxy) is 1. The Hall–Kier alpha value is -3.19. The molecular weight excluding hydrogens is 529 g/mol. The molecule has 0 atom stereocenters. The molecule has 3 rings (SSSR count). The number of benzene rings is 2. The van der Waals surface area contributed by atoms with Crippen LogP contribution in [0, 0.1) is 0 Å². The molecule has 2 aromatic carbocycles. The highest BCUT2D eigenvalue weighted by Crippen LogP contribution is 2.33. The molecule has 0 fully saturated rings. The fraction of sp³-hybridized carbons (Fsp3) is 0.375. The number of amides is 1. The van der Waals surface area contributed by atoms with Crippen molar-refractivity contribution in [3.63, 3.8) is 0 Å². The molecule has 1 amide bonds. The summed E-state index contributed by atoms with van der Waals surface area (Å²) in [6.45, 7) is 5.64. The summed E-state index contributed by atoms with van der Waals surface area (Å²) in [6.07, 6.45) is -3.61. The minimum atomic E-state index is -4.55. The van der Waals surface area contributed by atoms with Crippen LogP contribution in [0.25, 0.3) is 0 Å². The quantitative estimate of drug-likeness (QED) is 0.360. The maximum absolute atomic E-state index is 13.2. The fourth-order valence-corrected chi connectivity index (χ4v) is 5.96. The van der Waals surface area contributed by atoms with E-state index in [1.54, 1.807) is 32.9 Å². The summed E-state index contributed by atoms with van der Waals surface area (Å²) in [4.78, 5) is 12.7. The summed E-state index contributed by atoms with van der Waals surface area (Å²) in [7, 11) is -3.86. The predicted molar refractivity (Wildman–Crippen MR) is 134 cm³/mol. The smallest absolute Gasteiger partial charge is 0.416 e. The van der Waals surface area contributed by atoms with Crippen molar-refractivity contribution < 1.29 is 31.1 Å². The number of nitrogens with zero attached hydrogens (tertiary/aromatic N) is 3. The van der Waals surface area contributed by atoms with Gasteiger partial charge >= 0.3 is 6.18 Å². The zero-order valence-corrected chi connectivity index (χ0v) is 22.1. The molecule has 0 aliphatic carbocycles. The molecule has 3 aromatic rings. The molecular formula is C24H27F3N4O4S2. The maximum atomic E-state index is 13.2. The van der Waals surface area contributed by atoms with E-state index in [2.05, 4.69) is 15.5 Å². The number of nitrogens with one attached hydrogen (secondary N) is 1. The van der Waals surface area contributed by atoms with Gasteiger partial charge in [0.2, 0.25) is 5.13 Å². The summed E-state index contributed by atoms with van der Waals surface area (Å²) >= 11 is 1.12. The van der Waals surface area contributed by atoms with Crippen LogP contribution in [0.4, 0.5) is 18.3 Å². The van der Waals surface area contributed by atoms with Crippen molar-refractivity contribution in [2.75, 3.05) is 17.5 Å². The van der Waals surface area contributed by atoms with E-state index in [0.29, 0.717) is 12.8 Å². The summed E-state index contributed by atoms with van der Waals surface area (Å²) in [5.74, 6) is -0.697. The summed E-state index contributed by atoms with van der Waals surface area (Å²) in [5, 5.41) is 10.5. The number of aromatic nitrogens is 2. The van der Waals surface area contributed by atoms with Crippen LogP contribution in [-0.2, 0) is 22.6 Å². The van der Waals surface area contributed by atoms with Crippen LogP contribution < -0.4 is 14.4 Å². The van der Waals surface area contributed by atoms with Crippen molar-refractivity contribution in [1.29, 1.82) is 0 Å². The first kappa shape index (κ1) is 28.4. The van der Waals surface area contributed by atoms with Crippen molar-refractivity contribution in [1.82, 2.24) is 15.5 Å². The second-order valence-electron chi connectivity index (χ2n) is 8.32.